The molecular formula is C59H108O6. The predicted octanol–water partition coefficient (Wildman–Crippen LogP) is 18.9. The summed E-state index contributed by atoms with van der Waals surface area (Å²) < 4.78 is 16.9. The Labute approximate surface area is 404 Å². The third-order valence-corrected chi connectivity index (χ3v) is 12.6. The summed E-state index contributed by atoms with van der Waals surface area (Å²) >= 11 is 0. The first-order valence-electron chi connectivity index (χ1n) is 28.5. The van der Waals surface area contributed by atoms with Crippen molar-refractivity contribution in [2.24, 2.45) is 0 Å². The van der Waals surface area contributed by atoms with E-state index in [1.54, 1.807) is 0 Å². The van der Waals surface area contributed by atoms with Crippen LogP contribution in [-0.4, -0.2) is 37.2 Å². The minimum absolute atomic E-state index is 0.0715. The highest BCUT2D eigenvalue weighted by atomic mass is 16.6. The van der Waals surface area contributed by atoms with Gasteiger partial charge in [0.25, 0.3) is 0 Å². The lowest BCUT2D eigenvalue weighted by Crippen LogP contribution is -2.30. The van der Waals surface area contributed by atoms with Crippen molar-refractivity contribution < 1.29 is 28.6 Å². The van der Waals surface area contributed by atoms with Gasteiger partial charge in [-0.3, -0.25) is 14.4 Å². The maximum absolute atomic E-state index is 12.8. The van der Waals surface area contributed by atoms with Crippen molar-refractivity contribution in [2.75, 3.05) is 13.2 Å². The molecule has 380 valence electrons. The zero-order valence-electron chi connectivity index (χ0n) is 43.5. The molecule has 0 unspecified atom stereocenters. The average molecular weight is 914 g/mol. The van der Waals surface area contributed by atoms with Gasteiger partial charge in [-0.25, -0.2) is 0 Å². The summed E-state index contributed by atoms with van der Waals surface area (Å²) in [5.41, 5.74) is 0. The van der Waals surface area contributed by atoms with Gasteiger partial charge in [0.05, 0.1) is 0 Å². The van der Waals surface area contributed by atoms with Crippen molar-refractivity contribution in [1.29, 1.82) is 0 Å². The van der Waals surface area contributed by atoms with Crippen LogP contribution < -0.4 is 0 Å². The molecule has 0 aliphatic carbocycles. The van der Waals surface area contributed by atoms with E-state index in [9.17, 15) is 14.4 Å². The number of esters is 3. The molecule has 0 N–H and O–H groups in total. The molecule has 0 fully saturated rings. The van der Waals surface area contributed by atoms with Crippen LogP contribution >= 0.6 is 0 Å². The van der Waals surface area contributed by atoms with E-state index in [0.29, 0.717) is 19.3 Å². The van der Waals surface area contributed by atoms with Crippen LogP contribution in [0.25, 0.3) is 0 Å². The molecular weight excluding hydrogens is 805 g/mol. The summed E-state index contributed by atoms with van der Waals surface area (Å²) in [5.74, 6) is -0.867. The molecule has 0 bridgehead atoms. The Morgan fingerprint density at radius 1 is 0.308 bits per heavy atom. The van der Waals surface area contributed by atoms with Gasteiger partial charge >= 0.3 is 17.9 Å². The first-order chi connectivity index (χ1) is 32.0. The van der Waals surface area contributed by atoms with Crippen LogP contribution in [0.4, 0.5) is 0 Å². The average Bonchev–Trinajstić information content (AvgIpc) is 3.30. The minimum Gasteiger partial charge on any atom is -0.462 e. The maximum atomic E-state index is 12.8. The van der Waals surface area contributed by atoms with E-state index in [0.717, 1.165) is 77.0 Å². The molecule has 0 aliphatic rings. The topological polar surface area (TPSA) is 78.9 Å². The Bertz CT molecular complexity index is 1090. The van der Waals surface area contributed by atoms with Gasteiger partial charge in [0.2, 0.25) is 0 Å². The van der Waals surface area contributed by atoms with E-state index >= 15 is 0 Å². The van der Waals surface area contributed by atoms with Crippen LogP contribution in [0.5, 0.6) is 0 Å². The molecule has 0 aromatic carbocycles. The number of carbonyl (C=O) groups is 3. The van der Waals surface area contributed by atoms with E-state index in [2.05, 4.69) is 57.2 Å². The van der Waals surface area contributed by atoms with Gasteiger partial charge in [-0.1, -0.05) is 263 Å². The van der Waals surface area contributed by atoms with Crippen molar-refractivity contribution in [3.8, 4) is 0 Å². The van der Waals surface area contributed by atoms with E-state index in [4.69, 9.17) is 14.2 Å². The van der Waals surface area contributed by atoms with E-state index < -0.39 is 6.10 Å². The lowest BCUT2D eigenvalue weighted by atomic mass is 10.0. The fraction of sp³-hybridized carbons (Fsp3) is 0.847. The van der Waals surface area contributed by atoms with Crippen LogP contribution in [-0.2, 0) is 28.6 Å². The summed E-state index contributed by atoms with van der Waals surface area (Å²) in [6.07, 6.45) is 64.1. The van der Waals surface area contributed by atoms with Gasteiger partial charge < -0.3 is 14.2 Å². The monoisotopic (exact) mass is 913 g/mol. The Kier molecular flexibility index (Phi) is 52.3. The van der Waals surface area contributed by atoms with Crippen LogP contribution in [0, 0.1) is 0 Å². The molecule has 65 heavy (non-hydrogen) atoms. The molecule has 0 rings (SSSR count). The van der Waals surface area contributed by atoms with Gasteiger partial charge in [-0.05, 0) is 57.8 Å². The smallest absolute Gasteiger partial charge is 0.306 e. The second-order valence-corrected chi connectivity index (χ2v) is 19.2. The first-order valence-corrected chi connectivity index (χ1v) is 28.5. The Balaban J connectivity index is 4.35. The molecule has 0 heterocycles. The summed E-state index contributed by atoms with van der Waals surface area (Å²) in [5, 5.41) is 0. The Morgan fingerprint density at radius 2 is 0.554 bits per heavy atom. The van der Waals surface area contributed by atoms with Gasteiger partial charge in [0.15, 0.2) is 6.10 Å². The van der Waals surface area contributed by atoms with Crippen LogP contribution in [0.1, 0.15) is 303 Å². The normalized spacial score (nSPS) is 12.2. The number of rotatable bonds is 52. The maximum Gasteiger partial charge on any atom is 0.306 e. The number of unbranched alkanes of at least 4 members (excludes halogenated alkanes) is 35. The van der Waals surface area contributed by atoms with Crippen molar-refractivity contribution in [3.63, 3.8) is 0 Å². The van der Waals surface area contributed by atoms with Crippen LogP contribution in [0.3, 0.4) is 0 Å². The highest BCUT2D eigenvalue weighted by Crippen LogP contribution is 2.16. The molecule has 0 saturated heterocycles. The number of hydrogen-bond acceptors (Lipinski definition) is 6. The first kappa shape index (κ1) is 62.6. The molecule has 0 amide bonds. The molecule has 0 saturated carbocycles. The number of hydrogen-bond donors (Lipinski definition) is 0. The number of carbonyl (C=O) groups excluding carboxylic acids is 3. The van der Waals surface area contributed by atoms with Crippen molar-refractivity contribution >= 4 is 17.9 Å². The van der Waals surface area contributed by atoms with Gasteiger partial charge in [-0.2, -0.15) is 0 Å². The second-order valence-electron chi connectivity index (χ2n) is 19.2. The second kappa shape index (κ2) is 54.2. The van der Waals surface area contributed by atoms with E-state index in [-0.39, 0.29) is 31.1 Å². The minimum atomic E-state index is -0.772. The van der Waals surface area contributed by atoms with E-state index in [1.807, 2.05) is 0 Å². The Morgan fingerprint density at radius 3 is 0.892 bits per heavy atom. The quantitative estimate of drug-likeness (QED) is 0.0262. The van der Waals surface area contributed by atoms with Gasteiger partial charge in [0.1, 0.15) is 13.2 Å². The molecule has 6 nitrogen and oxygen atoms in total. The third kappa shape index (κ3) is 52.5. The molecule has 1 atom stereocenters. The standard InChI is InChI=1S/C59H108O6/c1-4-7-10-13-16-19-22-25-28-29-30-31-32-35-37-40-43-46-49-52-58(61)64-55-56(65-59(62)53-50-47-44-41-38-34-27-24-21-18-15-12-9-6-3)54-63-57(60)51-48-45-42-39-36-33-26-23-20-17-14-11-8-5-2/h16,19,25,28,30-31,56H,4-15,17-18,20-24,26-27,29,32-55H2,1-3H3/b19-16-,28-25-,31-30-/t56-/m1/s1. The summed E-state index contributed by atoms with van der Waals surface area (Å²) in [7, 11) is 0. The lowest BCUT2D eigenvalue weighted by molar-refractivity contribution is -0.167. The predicted molar refractivity (Wildman–Crippen MR) is 279 cm³/mol. The SMILES string of the molecule is CCCCC/C=C\C/C=C\C/C=C\CCCCCCCCC(=O)OC[C@@H](COC(=O)CCCCCCCCCCCCCCCC)OC(=O)CCCCCCCCCCCCCCCC. The fourth-order valence-electron chi connectivity index (χ4n) is 8.33. The van der Waals surface area contributed by atoms with E-state index in [1.165, 1.54) is 186 Å². The highest BCUT2D eigenvalue weighted by molar-refractivity contribution is 5.71. The molecule has 0 aliphatic heterocycles. The van der Waals surface area contributed by atoms with Crippen molar-refractivity contribution in [1.82, 2.24) is 0 Å². The molecule has 0 aromatic heterocycles. The molecule has 0 radical (unpaired) electrons. The lowest BCUT2D eigenvalue weighted by Gasteiger charge is -2.18. The van der Waals surface area contributed by atoms with Crippen LogP contribution in [0.15, 0.2) is 36.5 Å². The summed E-state index contributed by atoms with van der Waals surface area (Å²) in [6.45, 7) is 6.64. The fourth-order valence-corrected chi connectivity index (χ4v) is 8.33. The zero-order chi connectivity index (χ0) is 47.2. The number of ether oxygens (including phenoxy) is 3. The van der Waals surface area contributed by atoms with Crippen molar-refractivity contribution in [3.05, 3.63) is 36.5 Å². The largest absolute Gasteiger partial charge is 0.462 e. The molecule has 0 aromatic rings. The van der Waals surface area contributed by atoms with Crippen molar-refractivity contribution in [2.45, 2.75) is 309 Å². The molecule has 6 heteroatoms. The van der Waals surface area contributed by atoms with Gasteiger partial charge in [-0.15, -0.1) is 0 Å². The summed E-state index contributed by atoms with van der Waals surface area (Å²) in [6, 6.07) is 0. The van der Waals surface area contributed by atoms with Gasteiger partial charge in [0, 0.05) is 19.3 Å². The molecule has 0 spiro atoms. The zero-order valence-corrected chi connectivity index (χ0v) is 43.5. The summed E-state index contributed by atoms with van der Waals surface area (Å²) in [4.78, 5) is 38.1. The Hall–Kier alpha value is -2.37. The highest BCUT2D eigenvalue weighted by Gasteiger charge is 2.19. The van der Waals surface area contributed by atoms with Crippen LogP contribution in [0.2, 0.25) is 0 Å². The number of allylic oxidation sites excluding steroid dienone is 6. The third-order valence-electron chi connectivity index (χ3n) is 12.6.